The first kappa shape index (κ1) is 13.3. The van der Waals surface area contributed by atoms with Crippen LogP contribution in [0.4, 0.5) is 5.82 Å². The number of ether oxygens (including phenoxy) is 2. The number of amides is 1. The van der Waals surface area contributed by atoms with E-state index >= 15 is 0 Å². The Bertz CT molecular complexity index is 470. The number of carbonyl (C=O) groups is 1. The molecule has 7 nitrogen and oxygen atoms in total. The van der Waals surface area contributed by atoms with E-state index in [9.17, 15) is 4.79 Å². The Morgan fingerprint density at radius 3 is 2.35 bits per heavy atom. The van der Waals surface area contributed by atoms with Crippen LogP contribution in [0.5, 0.6) is 0 Å². The lowest BCUT2D eigenvalue weighted by Gasteiger charge is -2.29. The Hall–Kier alpha value is -1.73. The van der Waals surface area contributed by atoms with E-state index in [1.165, 1.54) is 6.33 Å². The Kier molecular flexibility index (Phi) is 4.08. The van der Waals surface area contributed by atoms with Gasteiger partial charge < -0.3 is 19.3 Å². The van der Waals surface area contributed by atoms with Crippen molar-refractivity contribution < 1.29 is 14.3 Å². The van der Waals surface area contributed by atoms with Gasteiger partial charge in [-0.15, -0.1) is 0 Å². The van der Waals surface area contributed by atoms with Crippen LogP contribution in [0.15, 0.2) is 12.4 Å². The van der Waals surface area contributed by atoms with Gasteiger partial charge in [-0.25, -0.2) is 9.97 Å². The zero-order valence-corrected chi connectivity index (χ0v) is 11.3. The van der Waals surface area contributed by atoms with Gasteiger partial charge in [0.1, 0.15) is 17.8 Å². The van der Waals surface area contributed by atoms with Crippen molar-refractivity contribution in [2.45, 2.75) is 0 Å². The van der Waals surface area contributed by atoms with Crippen LogP contribution in [0.2, 0.25) is 0 Å². The third-order valence-corrected chi connectivity index (χ3v) is 3.51. The number of morpholine rings is 2. The van der Waals surface area contributed by atoms with E-state index in [4.69, 9.17) is 9.47 Å². The molecule has 0 spiro atoms. The van der Waals surface area contributed by atoms with E-state index in [2.05, 4.69) is 14.9 Å². The number of anilines is 1. The Balaban J connectivity index is 1.74. The number of aromatic nitrogens is 2. The van der Waals surface area contributed by atoms with Crippen molar-refractivity contribution in [2.75, 3.05) is 57.5 Å². The molecular weight excluding hydrogens is 260 g/mol. The highest BCUT2D eigenvalue weighted by Gasteiger charge is 2.21. The van der Waals surface area contributed by atoms with E-state index < -0.39 is 0 Å². The first-order valence-corrected chi connectivity index (χ1v) is 6.86. The number of carbonyl (C=O) groups excluding carboxylic acids is 1. The van der Waals surface area contributed by atoms with Crippen LogP contribution in [-0.2, 0) is 9.47 Å². The fourth-order valence-corrected chi connectivity index (χ4v) is 2.36. The molecule has 1 aromatic heterocycles. The molecule has 20 heavy (non-hydrogen) atoms. The summed E-state index contributed by atoms with van der Waals surface area (Å²) in [7, 11) is 0. The predicted molar refractivity (Wildman–Crippen MR) is 71.8 cm³/mol. The summed E-state index contributed by atoms with van der Waals surface area (Å²) >= 11 is 0. The molecule has 3 rings (SSSR count). The van der Waals surface area contributed by atoms with Crippen molar-refractivity contribution in [1.82, 2.24) is 14.9 Å². The molecular formula is C13H18N4O3. The molecule has 0 aliphatic carbocycles. The molecule has 2 fully saturated rings. The van der Waals surface area contributed by atoms with E-state index in [0.717, 1.165) is 18.9 Å². The van der Waals surface area contributed by atoms with Gasteiger partial charge in [0.05, 0.1) is 26.4 Å². The van der Waals surface area contributed by atoms with Gasteiger partial charge >= 0.3 is 0 Å². The topological polar surface area (TPSA) is 67.8 Å². The van der Waals surface area contributed by atoms with Crippen molar-refractivity contribution >= 4 is 11.7 Å². The number of rotatable bonds is 2. The third kappa shape index (κ3) is 2.88. The zero-order chi connectivity index (χ0) is 13.8. The molecule has 0 radical (unpaired) electrons. The molecule has 0 unspecified atom stereocenters. The van der Waals surface area contributed by atoms with Crippen LogP contribution in [-0.4, -0.2) is 73.4 Å². The lowest BCUT2D eigenvalue weighted by Crippen LogP contribution is -2.41. The van der Waals surface area contributed by atoms with Gasteiger partial charge in [0.15, 0.2) is 0 Å². The average Bonchev–Trinajstić information content (AvgIpc) is 2.56. The maximum Gasteiger partial charge on any atom is 0.272 e. The van der Waals surface area contributed by atoms with Crippen LogP contribution < -0.4 is 4.90 Å². The lowest BCUT2D eigenvalue weighted by atomic mass is 10.3. The summed E-state index contributed by atoms with van der Waals surface area (Å²) < 4.78 is 10.6. The maximum absolute atomic E-state index is 12.4. The minimum atomic E-state index is -0.0507. The monoisotopic (exact) mass is 278 g/mol. The van der Waals surface area contributed by atoms with Gasteiger partial charge in [0.25, 0.3) is 5.91 Å². The zero-order valence-electron chi connectivity index (χ0n) is 11.3. The second-order valence-corrected chi connectivity index (χ2v) is 4.77. The van der Waals surface area contributed by atoms with Crippen LogP contribution in [0.25, 0.3) is 0 Å². The van der Waals surface area contributed by atoms with Crippen molar-refractivity contribution in [3.8, 4) is 0 Å². The summed E-state index contributed by atoms with van der Waals surface area (Å²) in [5.41, 5.74) is 0.448. The van der Waals surface area contributed by atoms with Crippen molar-refractivity contribution in [3.63, 3.8) is 0 Å². The van der Waals surface area contributed by atoms with E-state index in [1.807, 2.05) is 0 Å². The molecule has 0 N–H and O–H groups in total. The molecule has 0 aromatic carbocycles. The summed E-state index contributed by atoms with van der Waals surface area (Å²) in [5, 5.41) is 0. The molecule has 3 heterocycles. The normalized spacial score (nSPS) is 20.0. The summed E-state index contributed by atoms with van der Waals surface area (Å²) in [6.07, 6.45) is 1.46. The van der Waals surface area contributed by atoms with Crippen LogP contribution in [0.1, 0.15) is 10.5 Å². The molecule has 1 aromatic rings. The summed E-state index contributed by atoms with van der Waals surface area (Å²) in [5.74, 6) is 0.741. The minimum absolute atomic E-state index is 0.0507. The first-order chi connectivity index (χ1) is 9.84. The predicted octanol–water partition coefficient (Wildman–Crippen LogP) is -0.214. The van der Waals surface area contributed by atoms with E-state index in [-0.39, 0.29) is 5.91 Å². The second-order valence-electron chi connectivity index (χ2n) is 4.77. The smallest absolute Gasteiger partial charge is 0.272 e. The fourth-order valence-electron chi connectivity index (χ4n) is 2.36. The molecule has 0 saturated carbocycles. The molecule has 0 bridgehead atoms. The van der Waals surface area contributed by atoms with E-state index in [0.29, 0.717) is 45.2 Å². The summed E-state index contributed by atoms with van der Waals surface area (Å²) in [4.78, 5) is 24.6. The summed E-state index contributed by atoms with van der Waals surface area (Å²) in [6.45, 7) is 5.39. The highest BCUT2D eigenvalue weighted by atomic mass is 16.5. The number of hydrogen-bond acceptors (Lipinski definition) is 6. The van der Waals surface area contributed by atoms with Crippen LogP contribution in [0.3, 0.4) is 0 Å². The van der Waals surface area contributed by atoms with Gasteiger partial charge in [-0.05, 0) is 0 Å². The second kappa shape index (κ2) is 6.15. The highest BCUT2D eigenvalue weighted by Crippen LogP contribution is 2.14. The Labute approximate surface area is 117 Å². The SMILES string of the molecule is O=C(c1cc(N2CCOCC2)ncn1)N1CCOCC1. The lowest BCUT2D eigenvalue weighted by molar-refractivity contribution is 0.0299. The molecule has 2 aliphatic heterocycles. The van der Waals surface area contributed by atoms with Gasteiger partial charge in [0.2, 0.25) is 0 Å². The molecule has 108 valence electrons. The highest BCUT2D eigenvalue weighted by molar-refractivity contribution is 5.93. The van der Waals surface area contributed by atoms with Gasteiger partial charge in [-0.1, -0.05) is 0 Å². The Morgan fingerprint density at radius 2 is 1.65 bits per heavy atom. The molecule has 7 heteroatoms. The van der Waals surface area contributed by atoms with E-state index in [1.54, 1.807) is 11.0 Å². The molecule has 2 saturated heterocycles. The minimum Gasteiger partial charge on any atom is -0.378 e. The third-order valence-electron chi connectivity index (χ3n) is 3.51. The van der Waals surface area contributed by atoms with Crippen molar-refractivity contribution in [3.05, 3.63) is 18.1 Å². The van der Waals surface area contributed by atoms with Crippen LogP contribution in [0, 0.1) is 0 Å². The number of nitrogens with zero attached hydrogens (tertiary/aromatic N) is 4. The van der Waals surface area contributed by atoms with Gasteiger partial charge in [-0.2, -0.15) is 0 Å². The largest absolute Gasteiger partial charge is 0.378 e. The average molecular weight is 278 g/mol. The van der Waals surface area contributed by atoms with Crippen molar-refractivity contribution in [2.24, 2.45) is 0 Å². The first-order valence-electron chi connectivity index (χ1n) is 6.86. The van der Waals surface area contributed by atoms with Gasteiger partial charge in [0, 0.05) is 32.2 Å². The summed E-state index contributed by atoms with van der Waals surface area (Å²) in [6, 6.07) is 1.77. The fraction of sp³-hybridized carbons (Fsp3) is 0.615. The van der Waals surface area contributed by atoms with Crippen LogP contribution >= 0.6 is 0 Å². The molecule has 0 atom stereocenters. The van der Waals surface area contributed by atoms with Crippen molar-refractivity contribution in [1.29, 1.82) is 0 Å². The van der Waals surface area contributed by atoms with Gasteiger partial charge in [-0.3, -0.25) is 4.79 Å². The standard InChI is InChI=1S/C13H18N4O3/c18-13(17-3-7-20-8-4-17)11-9-12(15-10-14-11)16-1-5-19-6-2-16/h9-10H,1-8H2. The Morgan fingerprint density at radius 1 is 1.00 bits per heavy atom. The molecule has 1 amide bonds. The quantitative estimate of drug-likeness (QED) is 0.745. The maximum atomic E-state index is 12.4. The molecule has 2 aliphatic rings. The number of hydrogen-bond donors (Lipinski definition) is 0.